The number of hydrogen-bond acceptors (Lipinski definition) is 2. The third kappa shape index (κ3) is 8.14. The predicted octanol–water partition coefficient (Wildman–Crippen LogP) is 21.1. The zero-order valence-electron chi connectivity index (χ0n) is 43.1. The minimum Gasteiger partial charge on any atom is -0.311 e. The van der Waals surface area contributed by atoms with Crippen LogP contribution in [0.4, 0.5) is 34.1 Å². The maximum Gasteiger partial charge on any atom is 0.0465 e. The van der Waals surface area contributed by atoms with Gasteiger partial charge in [-0.3, -0.25) is 0 Å². The van der Waals surface area contributed by atoms with Gasteiger partial charge in [0, 0.05) is 39.5 Å². The first-order chi connectivity index (χ1) is 37.9. The van der Waals surface area contributed by atoms with Crippen LogP contribution in [0, 0.1) is 0 Å². The smallest absolute Gasteiger partial charge is 0.0465 e. The summed E-state index contributed by atoms with van der Waals surface area (Å²) >= 11 is 0. The van der Waals surface area contributed by atoms with E-state index in [1.54, 1.807) is 0 Å². The summed E-state index contributed by atoms with van der Waals surface area (Å²) in [7, 11) is 0. The Morgan fingerprint density at radius 2 is 0.468 bits per heavy atom. The number of hydrogen-bond donors (Lipinski definition) is 0. The molecule has 0 amide bonds. The van der Waals surface area contributed by atoms with E-state index >= 15 is 0 Å². The van der Waals surface area contributed by atoms with Crippen LogP contribution in [0.1, 0.15) is 25.0 Å². The molecule has 1 aliphatic carbocycles. The van der Waals surface area contributed by atoms with Crippen molar-refractivity contribution in [3.63, 3.8) is 0 Å². The average Bonchev–Trinajstić information content (AvgIpc) is 3.95. The molecule has 14 rings (SSSR count). The fourth-order valence-electron chi connectivity index (χ4n) is 12.1. The van der Waals surface area contributed by atoms with E-state index in [0.717, 1.165) is 45.3 Å². The minimum absolute atomic E-state index is 0.229. The lowest BCUT2D eigenvalue weighted by molar-refractivity contribution is 0.661. The van der Waals surface area contributed by atoms with E-state index in [4.69, 9.17) is 0 Å². The molecule has 0 unspecified atom stereocenters. The van der Waals surface area contributed by atoms with Crippen LogP contribution in [0.5, 0.6) is 0 Å². The molecule has 0 spiro atoms. The summed E-state index contributed by atoms with van der Waals surface area (Å²) in [6.07, 6.45) is 0. The standard InChI is InChI=1S/C75H54N2/c1-75(2)73-48-64(46-47-69(73)72-49-70-67-24-14-12-22-65(67)66-23-13-15-25-68(66)71(70)50-74(72)75)77(62-42-30-56(31-43-62)53-20-10-5-11-21-53)63-44-34-58(35-45-63)57-32-40-61(41-33-57)76(59-36-26-54(27-37-59)51-16-6-3-7-17-51)60-38-28-55(29-39-60)52-18-8-4-9-19-52/h3-50H,1-2H3. The van der Waals surface area contributed by atoms with Crippen molar-refractivity contribution in [3.8, 4) is 55.6 Å². The molecule has 0 N–H and O–H groups in total. The topological polar surface area (TPSA) is 6.48 Å². The SMILES string of the molecule is CC1(C)c2cc(N(c3ccc(-c4ccccc4)cc3)c3ccc(-c4ccc(N(c5ccc(-c6ccccc6)cc5)c5ccc(-c6ccccc6)cc5)cc4)cc3)ccc2-c2cc3c4ccccc4c4ccccc4c3cc21. The molecule has 0 heterocycles. The van der Waals surface area contributed by atoms with Crippen LogP contribution >= 0.6 is 0 Å². The van der Waals surface area contributed by atoms with Gasteiger partial charge in [0.15, 0.2) is 0 Å². The van der Waals surface area contributed by atoms with Crippen molar-refractivity contribution in [2.45, 2.75) is 19.3 Å². The quantitative estimate of drug-likeness (QED) is 0.126. The Morgan fingerprint density at radius 1 is 0.208 bits per heavy atom. The van der Waals surface area contributed by atoms with Crippen LogP contribution in [-0.4, -0.2) is 0 Å². The molecular formula is C75H54N2. The maximum atomic E-state index is 2.49. The van der Waals surface area contributed by atoms with E-state index in [0.29, 0.717) is 0 Å². The molecule has 0 fully saturated rings. The highest BCUT2D eigenvalue weighted by molar-refractivity contribution is 6.26. The maximum absolute atomic E-state index is 2.49. The lowest BCUT2D eigenvalue weighted by Crippen LogP contribution is -2.16. The summed E-state index contributed by atoms with van der Waals surface area (Å²) in [4.78, 5) is 4.77. The second-order valence-electron chi connectivity index (χ2n) is 20.9. The summed E-state index contributed by atoms with van der Waals surface area (Å²) in [5.74, 6) is 0. The third-order valence-corrected chi connectivity index (χ3v) is 16.1. The summed E-state index contributed by atoms with van der Waals surface area (Å²) in [6.45, 7) is 4.80. The van der Waals surface area contributed by atoms with E-state index < -0.39 is 0 Å². The van der Waals surface area contributed by atoms with E-state index in [1.165, 1.54) is 88.0 Å². The number of benzene rings is 13. The van der Waals surface area contributed by atoms with E-state index in [2.05, 4.69) is 315 Å². The zero-order valence-corrected chi connectivity index (χ0v) is 43.1. The van der Waals surface area contributed by atoms with Crippen molar-refractivity contribution in [1.29, 1.82) is 0 Å². The molecule has 364 valence electrons. The molecular weight excluding hydrogens is 929 g/mol. The Balaban J connectivity index is 0.822. The lowest BCUT2D eigenvalue weighted by Gasteiger charge is -2.28. The summed E-state index contributed by atoms with van der Waals surface area (Å²) in [6, 6.07) is 107. The Morgan fingerprint density at radius 3 is 0.818 bits per heavy atom. The number of fused-ring (bicyclic) bond motifs is 9. The fraction of sp³-hybridized carbons (Fsp3) is 0.0400. The molecule has 0 aromatic heterocycles. The van der Waals surface area contributed by atoms with Crippen LogP contribution < -0.4 is 9.80 Å². The van der Waals surface area contributed by atoms with Crippen LogP contribution in [0.3, 0.4) is 0 Å². The molecule has 0 saturated heterocycles. The summed E-state index contributed by atoms with van der Waals surface area (Å²) in [5, 5.41) is 7.83. The van der Waals surface area contributed by atoms with Crippen LogP contribution in [0.2, 0.25) is 0 Å². The van der Waals surface area contributed by atoms with Gasteiger partial charge < -0.3 is 9.80 Å². The zero-order chi connectivity index (χ0) is 51.5. The fourth-order valence-corrected chi connectivity index (χ4v) is 12.1. The molecule has 77 heavy (non-hydrogen) atoms. The van der Waals surface area contributed by atoms with Crippen LogP contribution in [0.25, 0.3) is 88.0 Å². The van der Waals surface area contributed by atoms with Gasteiger partial charge in [0.25, 0.3) is 0 Å². The molecule has 13 aromatic rings. The van der Waals surface area contributed by atoms with Crippen molar-refractivity contribution in [1.82, 2.24) is 0 Å². The van der Waals surface area contributed by atoms with E-state index in [1.807, 2.05) is 0 Å². The highest BCUT2D eigenvalue weighted by Gasteiger charge is 2.37. The molecule has 0 bridgehead atoms. The van der Waals surface area contributed by atoms with Gasteiger partial charge in [0.2, 0.25) is 0 Å². The number of rotatable bonds is 10. The molecule has 2 nitrogen and oxygen atoms in total. The summed E-state index contributed by atoms with van der Waals surface area (Å²) < 4.78 is 0. The van der Waals surface area contributed by atoms with Gasteiger partial charge in [-0.15, -0.1) is 0 Å². The molecule has 0 aliphatic heterocycles. The van der Waals surface area contributed by atoms with Crippen LogP contribution in [-0.2, 0) is 5.41 Å². The second-order valence-corrected chi connectivity index (χ2v) is 20.9. The van der Waals surface area contributed by atoms with Crippen molar-refractivity contribution >= 4 is 66.4 Å². The monoisotopic (exact) mass is 982 g/mol. The van der Waals surface area contributed by atoms with Crippen molar-refractivity contribution in [2.24, 2.45) is 0 Å². The first kappa shape index (κ1) is 45.8. The number of anilines is 6. The van der Waals surface area contributed by atoms with Gasteiger partial charge in [-0.1, -0.05) is 220 Å². The Bertz CT molecular complexity index is 4200. The predicted molar refractivity (Wildman–Crippen MR) is 328 cm³/mol. The normalized spacial score (nSPS) is 12.4. The first-order valence-electron chi connectivity index (χ1n) is 26.7. The highest BCUT2D eigenvalue weighted by atomic mass is 15.1. The molecule has 2 heteroatoms. The van der Waals surface area contributed by atoms with Crippen molar-refractivity contribution in [3.05, 3.63) is 302 Å². The highest BCUT2D eigenvalue weighted by Crippen LogP contribution is 2.53. The van der Waals surface area contributed by atoms with Gasteiger partial charge >= 0.3 is 0 Å². The molecule has 0 atom stereocenters. The van der Waals surface area contributed by atoms with Crippen molar-refractivity contribution in [2.75, 3.05) is 9.80 Å². The largest absolute Gasteiger partial charge is 0.311 e. The summed E-state index contributed by atoms with van der Waals surface area (Å²) in [5.41, 5.74) is 21.2. The van der Waals surface area contributed by atoms with Gasteiger partial charge in [-0.05, 0) is 184 Å². The average molecular weight is 983 g/mol. The van der Waals surface area contributed by atoms with E-state index in [-0.39, 0.29) is 5.41 Å². The Hall–Kier alpha value is -9.76. The third-order valence-electron chi connectivity index (χ3n) is 16.1. The number of nitrogens with zero attached hydrogens (tertiary/aromatic N) is 2. The molecule has 0 saturated carbocycles. The van der Waals surface area contributed by atoms with Gasteiger partial charge in [-0.2, -0.15) is 0 Å². The Labute approximate surface area is 451 Å². The van der Waals surface area contributed by atoms with E-state index in [9.17, 15) is 0 Å². The lowest BCUT2D eigenvalue weighted by atomic mass is 9.81. The first-order valence-corrected chi connectivity index (χ1v) is 26.7. The second kappa shape index (κ2) is 18.9. The Kier molecular flexibility index (Phi) is 11.2. The minimum atomic E-state index is -0.229. The van der Waals surface area contributed by atoms with Crippen LogP contribution in [0.15, 0.2) is 291 Å². The van der Waals surface area contributed by atoms with Gasteiger partial charge in [-0.25, -0.2) is 0 Å². The molecule has 1 aliphatic rings. The van der Waals surface area contributed by atoms with Crippen molar-refractivity contribution < 1.29 is 0 Å². The van der Waals surface area contributed by atoms with Gasteiger partial charge in [0.05, 0.1) is 0 Å². The molecule has 13 aromatic carbocycles. The van der Waals surface area contributed by atoms with Gasteiger partial charge in [0.1, 0.15) is 0 Å². The molecule has 0 radical (unpaired) electrons.